The Morgan fingerprint density at radius 2 is 2.03 bits per heavy atom. The van der Waals surface area contributed by atoms with Gasteiger partial charge in [-0.15, -0.1) is 0 Å². The highest BCUT2D eigenvalue weighted by atomic mass is 16.5. The number of ether oxygens (including phenoxy) is 1. The molecule has 3 heterocycles. The molecule has 0 bridgehead atoms. The molecule has 1 aromatic heterocycles. The first-order valence-electron chi connectivity index (χ1n) is 10.4. The van der Waals surface area contributed by atoms with Crippen LogP contribution in [0.2, 0.25) is 0 Å². The van der Waals surface area contributed by atoms with Gasteiger partial charge in [-0.2, -0.15) is 0 Å². The zero-order valence-corrected chi connectivity index (χ0v) is 17.2. The minimum absolute atomic E-state index is 0.0829. The van der Waals surface area contributed by atoms with Gasteiger partial charge in [-0.3, -0.25) is 9.59 Å². The largest absolute Gasteiger partial charge is 0.381 e. The summed E-state index contributed by atoms with van der Waals surface area (Å²) < 4.78 is 10.7. The second kappa shape index (κ2) is 7.12. The van der Waals surface area contributed by atoms with Crippen molar-refractivity contribution in [2.24, 2.45) is 5.41 Å². The number of anilines is 2. The highest BCUT2D eigenvalue weighted by Gasteiger charge is 2.49. The number of aromatic nitrogens is 1. The first kappa shape index (κ1) is 19.1. The molecule has 8 nitrogen and oxygen atoms in total. The minimum atomic E-state index is -0.493. The van der Waals surface area contributed by atoms with Crippen LogP contribution in [0.15, 0.2) is 22.7 Å². The SMILES string of the molecule is Cc1noc(C)c1-c1ccc(NC2CC3(COC3)C2)c(NC(=O)C2CCC(=O)N2)c1. The molecule has 158 valence electrons. The van der Waals surface area contributed by atoms with Crippen molar-refractivity contribution in [3.05, 3.63) is 29.7 Å². The Hall–Kier alpha value is -2.87. The summed E-state index contributed by atoms with van der Waals surface area (Å²) in [6.07, 6.45) is 3.05. The number of rotatable bonds is 5. The lowest BCUT2D eigenvalue weighted by Crippen LogP contribution is -2.56. The van der Waals surface area contributed by atoms with Gasteiger partial charge < -0.3 is 25.2 Å². The molecule has 3 N–H and O–H groups in total. The third-order valence-corrected chi connectivity index (χ3v) is 6.45. The zero-order chi connectivity index (χ0) is 20.9. The summed E-state index contributed by atoms with van der Waals surface area (Å²) in [4.78, 5) is 24.3. The summed E-state index contributed by atoms with van der Waals surface area (Å²) in [6.45, 7) is 5.48. The van der Waals surface area contributed by atoms with Crippen LogP contribution in [0.4, 0.5) is 11.4 Å². The molecular formula is C22H26N4O4. The second-order valence-electron chi connectivity index (χ2n) is 8.85. The Labute approximate surface area is 174 Å². The Balaban J connectivity index is 1.40. The number of hydrogen-bond donors (Lipinski definition) is 3. The van der Waals surface area contributed by atoms with E-state index in [1.807, 2.05) is 32.0 Å². The van der Waals surface area contributed by atoms with Crippen molar-refractivity contribution in [1.82, 2.24) is 10.5 Å². The molecule has 30 heavy (non-hydrogen) atoms. The summed E-state index contributed by atoms with van der Waals surface area (Å²) in [5.74, 6) is 0.456. The van der Waals surface area contributed by atoms with E-state index in [2.05, 4.69) is 21.1 Å². The Bertz CT molecular complexity index is 983. The smallest absolute Gasteiger partial charge is 0.247 e. The number of amides is 2. The topological polar surface area (TPSA) is 105 Å². The van der Waals surface area contributed by atoms with Crippen LogP contribution in [0.1, 0.15) is 37.1 Å². The van der Waals surface area contributed by atoms with Crippen molar-refractivity contribution in [1.29, 1.82) is 0 Å². The van der Waals surface area contributed by atoms with Crippen molar-refractivity contribution < 1.29 is 18.8 Å². The molecule has 2 amide bonds. The molecule has 1 unspecified atom stereocenters. The summed E-state index contributed by atoms with van der Waals surface area (Å²) in [7, 11) is 0. The van der Waals surface area contributed by atoms with Gasteiger partial charge in [0.2, 0.25) is 11.8 Å². The van der Waals surface area contributed by atoms with Gasteiger partial charge in [-0.1, -0.05) is 11.2 Å². The van der Waals surface area contributed by atoms with E-state index in [4.69, 9.17) is 9.26 Å². The average molecular weight is 410 g/mol. The maximum atomic E-state index is 12.8. The van der Waals surface area contributed by atoms with Gasteiger partial charge in [0.1, 0.15) is 11.8 Å². The Morgan fingerprint density at radius 1 is 1.23 bits per heavy atom. The number of benzene rings is 1. The third-order valence-electron chi connectivity index (χ3n) is 6.45. The Morgan fingerprint density at radius 3 is 2.63 bits per heavy atom. The molecule has 2 aliphatic heterocycles. The van der Waals surface area contributed by atoms with E-state index in [1.165, 1.54) is 0 Å². The van der Waals surface area contributed by atoms with E-state index in [0.29, 0.717) is 30.0 Å². The monoisotopic (exact) mass is 410 g/mol. The van der Waals surface area contributed by atoms with Gasteiger partial charge in [0.25, 0.3) is 0 Å². The van der Waals surface area contributed by atoms with E-state index in [-0.39, 0.29) is 11.8 Å². The van der Waals surface area contributed by atoms with Gasteiger partial charge in [-0.25, -0.2) is 0 Å². The first-order chi connectivity index (χ1) is 14.4. The van der Waals surface area contributed by atoms with Crippen LogP contribution in [-0.4, -0.2) is 42.3 Å². The second-order valence-corrected chi connectivity index (χ2v) is 8.85. The lowest BCUT2D eigenvalue weighted by Gasteiger charge is -2.53. The van der Waals surface area contributed by atoms with Gasteiger partial charge in [-0.05, 0) is 50.8 Å². The lowest BCUT2D eigenvalue weighted by molar-refractivity contribution is -0.159. The fourth-order valence-corrected chi connectivity index (χ4v) is 4.79. The number of nitrogens with zero attached hydrogens (tertiary/aromatic N) is 1. The van der Waals surface area contributed by atoms with Crippen molar-refractivity contribution in [3.8, 4) is 11.1 Å². The maximum Gasteiger partial charge on any atom is 0.247 e. The normalized spacial score (nSPS) is 22.3. The number of carbonyl (C=O) groups is 2. The highest BCUT2D eigenvalue weighted by Crippen LogP contribution is 2.48. The third kappa shape index (κ3) is 3.35. The van der Waals surface area contributed by atoms with Gasteiger partial charge in [0.15, 0.2) is 0 Å². The molecule has 2 saturated heterocycles. The van der Waals surface area contributed by atoms with Crippen LogP contribution in [0.25, 0.3) is 11.1 Å². The minimum Gasteiger partial charge on any atom is -0.381 e. The number of nitrogens with one attached hydrogen (secondary N) is 3. The van der Waals surface area contributed by atoms with Crippen molar-refractivity contribution >= 4 is 23.2 Å². The molecule has 1 saturated carbocycles. The molecule has 1 aromatic carbocycles. The molecule has 1 spiro atoms. The summed E-state index contributed by atoms with van der Waals surface area (Å²) in [5, 5.41) is 13.4. The van der Waals surface area contributed by atoms with Gasteiger partial charge in [0, 0.05) is 23.4 Å². The van der Waals surface area contributed by atoms with Crippen molar-refractivity contribution in [2.75, 3.05) is 23.8 Å². The standard InChI is InChI=1S/C22H26N4O4/c1-12-20(13(2)30-26-12)14-3-4-16(23-15-8-22(9-15)10-29-11-22)18(7-14)25-21(28)17-5-6-19(27)24-17/h3-4,7,15,17,23H,5-6,8-11H2,1-2H3,(H,24,27)(H,25,28). The van der Waals surface area contributed by atoms with Crippen LogP contribution >= 0.6 is 0 Å². The molecule has 1 aliphatic carbocycles. The first-order valence-corrected chi connectivity index (χ1v) is 10.4. The van der Waals surface area contributed by atoms with E-state index in [0.717, 1.165) is 54.3 Å². The predicted octanol–water partition coefficient (Wildman–Crippen LogP) is 2.77. The van der Waals surface area contributed by atoms with Crippen LogP contribution in [0.5, 0.6) is 0 Å². The Kier molecular flexibility index (Phi) is 4.54. The molecule has 8 heteroatoms. The van der Waals surface area contributed by atoms with Crippen LogP contribution in [0.3, 0.4) is 0 Å². The number of carbonyl (C=O) groups excluding carboxylic acids is 2. The quantitative estimate of drug-likeness (QED) is 0.700. The van der Waals surface area contributed by atoms with Crippen LogP contribution in [-0.2, 0) is 14.3 Å². The van der Waals surface area contributed by atoms with Crippen molar-refractivity contribution in [3.63, 3.8) is 0 Å². The van der Waals surface area contributed by atoms with E-state index < -0.39 is 6.04 Å². The van der Waals surface area contributed by atoms with Crippen LogP contribution in [0, 0.1) is 19.3 Å². The molecule has 3 aliphatic rings. The predicted molar refractivity (Wildman–Crippen MR) is 111 cm³/mol. The fourth-order valence-electron chi connectivity index (χ4n) is 4.79. The molecule has 0 radical (unpaired) electrons. The molecular weight excluding hydrogens is 384 g/mol. The lowest BCUT2D eigenvalue weighted by atomic mass is 9.64. The number of aryl methyl sites for hydroxylation is 2. The molecule has 5 rings (SSSR count). The summed E-state index contributed by atoms with van der Waals surface area (Å²) in [6, 6.07) is 5.83. The highest BCUT2D eigenvalue weighted by molar-refractivity contribution is 6.01. The van der Waals surface area contributed by atoms with Gasteiger partial charge in [0.05, 0.1) is 30.3 Å². The molecule has 2 aromatic rings. The van der Waals surface area contributed by atoms with E-state index >= 15 is 0 Å². The zero-order valence-electron chi connectivity index (χ0n) is 17.2. The molecule has 3 fully saturated rings. The molecule has 1 atom stereocenters. The summed E-state index contributed by atoms with van der Waals surface area (Å²) in [5.41, 5.74) is 4.60. The average Bonchev–Trinajstić information content (AvgIpc) is 3.23. The van der Waals surface area contributed by atoms with E-state index in [1.54, 1.807) is 0 Å². The van der Waals surface area contributed by atoms with Crippen LogP contribution < -0.4 is 16.0 Å². The maximum absolute atomic E-state index is 12.8. The fraction of sp³-hybridized carbons (Fsp3) is 0.500. The van der Waals surface area contributed by atoms with Gasteiger partial charge >= 0.3 is 0 Å². The summed E-state index contributed by atoms with van der Waals surface area (Å²) >= 11 is 0. The van der Waals surface area contributed by atoms with E-state index in [9.17, 15) is 9.59 Å². The van der Waals surface area contributed by atoms with Crippen molar-refractivity contribution in [2.45, 2.75) is 51.6 Å². The number of hydrogen-bond acceptors (Lipinski definition) is 6.